The maximum absolute atomic E-state index is 10.9. The van der Waals surface area contributed by atoms with Gasteiger partial charge in [0.2, 0.25) is 0 Å². The van der Waals surface area contributed by atoms with Gasteiger partial charge in [-0.25, -0.2) is 0 Å². The topological polar surface area (TPSA) is 40.5 Å². The highest BCUT2D eigenvalue weighted by molar-refractivity contribution is 7.80. The summed E-state index contributed by atoms with van der Waals surface area (Å²) in [7, 11) is 1.79. The van der Waals surface area contributed by atoms with Crippen LogP contribution in [0.4, 0.5) is 0 Å². The predicted molar refractivity (Wildman–Crippen MR) is 63.2 cm³/mol. The lowest BCUT2D eigenvalue weighted by Gasteiger charge is -2.22. The number of carboxylic acids is 1. The molecular formula is C11H15NO2S. The zero-order valence-electron chi connectivity index (χ0n) is 8.63. The van der Waals surface area contributed by atoms with Crippen LogP contribution < -0.4 is 0 Å². The number of thiol groups is 1. The second-order valence-electron chi connectivity index (χ2n) is 3.44. The second kappa shape index (κ2) is 5.78. The Bertz CT molecular complexity index is 316. The molecule has 82 valence electrons. The number of carbonyl (C=O) groups is 1. The summed E-state index contributed by atoms with van der Waals surface area (Å²) in [5, 5.41) is 8.93. The zero-order valence-corrected chi connectivity index (χ0v) is 9.52. The maximum Gasteiger partial charge on any atom is 0.321 e. The summed E-state index contributed by atoms with van der Waals surface area (Å²) >= 11 is 4.04. The fourth-order valence-electron chi connectivity index (χ4n) is 1.39. The Hall–Kier alpha value is -1.00. The van der Waals surface area contributed by atoms with Crippen LogP contribution in [0.2, 0.25) is 0 Å². The number of hydrogen-bond acceptors (Lipinski definition) is 3. The molecule has 1 aromatic carbocycles. The van der Waals surface area contributed by atoms with Crippen molar-refractivity contribution in [3.63, 3.8) is 0 Å². The van der Waals surface area contributed by atoms with E-state index in [4.69, 9.17) is 5.11 Å². The molecule has 0 heterocycles. The van der Waals surface area contributed by atoms with Gasteiger partial charge in [0, 0.05) is 12.3 Å². The number of likely N-dealkylation sites (N-methyl/N-ethyl adjacent to an activating group) is 1. The summed E-state index contributed by atoms with van der Waals surface area (Å²) < 4.78 is 0. The lowest BCUT2D eigenvalue weighted by Crippen LogP contribution is -2.39. The number of benzene rings is 1. The molecule has 0 amide bonds. The maximum atomic E-state index is 10.9. The lowest BCUT2D eigenvalue weighted by molar-refractivity contribution is -0.142. The van der Waals surface area contributed by atoms with E-state index in [1.54, 1.807) is 11.9 Å². The van der Waals surface area contributed by atoms with Gasteiger partial charge in [0.1, 0.15) is 6.04 Å². The first-order chi connectivity index (χ1) is 7.15. The van der Waals surface area contributed by atoms with Gasteiger partial charge < -0.3 is 5.11 Å². The van der Waals surface area contributed by atoms with Gasteiger partial charge in [0.25, 0.3) is 0 Å². The average molecular weight is 225 g/mol. The molecule has 0 fully saturated rings. The summed E-state index contributed by atoms with van der Waals surface area (Å²) in [5.74, 6) is -0.512. The van der Waals surface area contributed by atoms with Gasteiger partial charge in [-0.1, -0.05) is 30.3 Å². The molecule has 1 N–H and O–H groups in total. The molecule has 0 aromatic heterocycles. The van der Waals surface area contributed by atoms with Gasteiger partial charge in [0.15, 0.2) is 0 Å². The molecule has 1 rings (SSSR count). The van der Waals surface area contributed by atoms with Crippen LogP contribution in [0.1, 0.15) is 5.56 Å². The van der Waals surface area contributed by atoms with Crippen molar-refractivity contribution in [2.24, 2.45) is 0 Å². The molecule has 4 heteroatoms. The van der Waals surface area contributed by atoms with Gasteiger partial charge in [-0.3, -0.25) is 9.69 Å². The molecule has 0 aliphatic rings. The molecule has 3 nitrogen and oxygen atoms in total. The van der Waals surface area contributed by atoms with Crippen molar-refractivity contribution in [3.8, 4) is 0 Å². The Morgan fingerprint density at radius 2 is 2.07 bits per heavy atom. The number of aliphatic carboxylic acids is 1. The smallest absolute Gasteiger partial charge is 0.321 e. The molecule has 0 bridgehead atoms. The van der Waals surface area contributed by atoms with E-state index in [0.717, 1.165) is 5.56 Å². The monoisotopic (exact) mass is 225 g/mol. The van der Waals surface area contributed by atoms with E-state index in [1.165, 1.54) is 0 Å². The van der Waals surface area contributed by atoms with Gasteiger partial charge in [-0.2, -0.15) is 12.6 Å². The van der Waals surface area contributed by atoms with Crippen LogP contribution in [0.3, 0.4) is 0 Å². The highest BCUT2D eigenvalue weighted by Crippen LogP contribution is 2.07. The van der Waals surface area contributed by atoms with Gasteiger partial charge in [0.05, 0.1) is 0 Å². The van der Waals surface area contributed by atoms with E-state index in [0.29, 0.717) is 12.3 Å². The van der Waals surface area contributed by atoms with Crippen LogP contribution in [-0.4, -0.2) is 34.8 Å². The summed E-state index contributed by atoms with van der Waals surface area (Å²) in [5.41, 5.74) is 1.10. The molecule has 1 atom stereocenters. The van der Waals surface area contributed by atoms with E-state index in [9.17, 15) is 4.79 Å². The third-order valence-corrected chi connectivity index (χ3v) is 2.61. The van der Waals surface area contributed by atoms with E-state index < -0.39 is 12.0 Å². The number of nitrogens with zero attached hydrogens (tertiary/aromatic N) is 1. The summed E-state index contributed by atoms with van der Waals surface area (Å²) in [6, 6.07) is 9.26. The van der Waals surface area contributed by atoms with Crippen molar-refractivity contribution in [2.45, 2.75) is 12.6 Å². The molecule has 0 spiro atoms. The molecular weight excluding hydrogens is 210 g/mol. The number of carboxylic acid groups (broad SMARTS) is 1. The summed E-state index contributed by atoms with van der Waals surface area (Å²) in [4.78, 5) is 12.7. The van der Waals surface area contributed by atoms with Crippen LogP contribution >= 0.6 is 12.6 Å². The van der Waals surface area contributed by atoms with Crippen LogP contribution in [0.15, 0.2) is 30.3 Å². The molecule has 15 heavy (non-hydrogen) atoms. The van der Waals surface area contributed by atoms with Gasteiger partial charge >= 0.3 is 5.97 Å². The molecule has 0 radical (unpaired) electrons. The Morgan fingerprint density at radius 3 is 2.53 bits per heavy atom. The fourth-order valence-corrected chi connectivity index (χ4v) is 1.82. The highest BCUT2D eigenvalue weighted by atomic mass is 32.1. The zero-order chi connectivity index (χ0) is 11.3. The van der Waals surface area contributed by atoms with E-state index >= 15 is 0 Å². The van der Waals surface area contributed by atoms with Crippen LogP contribution in [0, 0.1) is 0 Å². The van der Waals surface area contributed by atoms with E-state index in [-0.39, 0.29) is 0 Å². The Morgan fingerprint density at radius 1 is 1.47 bits per heavy atom. The summed E-state index contributed by atoms with van der Waals surface area (Å²) in [6.45, 7) is 0.623. The van der Waals surface area contributed by atoms with Crippen LogP contribution in [0.5, 0.6) is 0 Å². The minimum absolute atomic E-state index is 0.318. The Balaban J connectivity index is 2.62. The predicted octanol–water partition coefficient (Wildman–Crippen LogP) is 1.50. The van der Waals surface area contributed by atoms with Crippen molar-refractivity contribution in [2.75, 3.05) is 12.8 Å². The average Bonchev–Trinajstić information content (AvgIpc) is 2.19. The molecule has 0 unspecified atom stereocenters. The third-order valence-electron chi connectivity index (χ3n) is 2.26. The molecule has 0 aliphatic carbocycles. The quantitative estimate of drug-likeness (QED) is 0.746. The van der Waals surface area contributed by atoms with Crippen molar-refractivity contribution in [1.29, 1.82) is 0 Å². The van der Waals surface area contributed by atoms with Crippen molar-refractivity contribution in [1.82, 2.24) is 4.90 Å². The first-order valence-corrected chi connectivity index (χ1v) is 5.36. The first-order valence-electron chi connectivity index (χ1n) is 4.73. The van der Waals surface area contributed by atoms with Crippen molar-refractivity contribution >= 4 is 18.6 Å². The minimum atomic E-state index is -0.830. The van der Waals surface area contributed by atoms with Crippen LogP contribution in [-0.2, 0) is 11.3 Å². The number of rotatable bonds is 5. The normalized spacial score (nSPS) is 12.7. The number of hydrogen-bond donors (Lipinski definition) is 2. The third kappa shape index (κ3) is 3.57. The van der Waals surface area contributed by atoms with Gasteiger partial charge in [-0.05, 0) is 12.6 Å². The summed E-state index contributed by atoms with van der Waals surface area (Å²) in [6.07, 6.45) is 0. The van der Waals surface area contributed by atoms with Crippen LogP contribution in [0.25, 0.3) is 0 Å². The molecule has 0 saturated heterocycles. The SMILES string of the molecule is CN(Cc1ccccc1)[C@@H](CS)C(=O)O. The lowest BCUT2D eigenvalue weighted by atomic mass is 10.2. The Kier molecular flexibility index (Phi) is 4.65. The molecule has 1 aromatic rings. The van der Waals surface area contributed by atoms with Crippen molar-refractivity contribution in [3.05, 3.63) is 35.9 Å². The van der Waals surface area contributed by atoms with Crippen molar-refractivity contribution < 1.29 is 9.90 Å². The van der Waals surface area contributed by atoms with E-state index in [2.05, 4.69) is 12.6 Å². The Labute approximate surface area is 95.1 Å². The first kappa shape index (κ1) is 12.1. The van der Waals surface area contributed by atoms with E-state index in [1.807, 2.05) is 30.3 Å². The second-order valence-corrected chi connectivity index (χ2v) is 3.80. The van der Waals surface area contributed by atoms with Gasteiger partial charge in [-0.15, -0.1) is 0 Å². The highest BCUT2D eigenvalue weighted by Gasteiger charge is 2.20. The standard InChI is InChI=1S/C11H15NO2S/c1-12(10(8-15)11(13)14)7-9-5-3-2-4-6-9/h2-6,10,15H,7-8H2,1H3,(H,13,14)/t10-/m0/s1. The largest absolute Gasteiger partial charge is 0.480 e. The molecule has 0 saturated carbocycles. The fraction of sp³-hybridized carbons (Fsp3) is 0.364. The molecule has 0 aliphatic heterocycles. The minimum Gasteiger partial charge on any atom is -0.480 e.